The number of nitrogen functional groups attached to an aromatic ring is 1. The molecule has 1 atom stereocenters. The van der Waals surface area contributed by atoms with Gasteiger partial charge in [-0.3, -0.25) is 23.7 Å². The van der Waals surface area contributed by atoms with Gasteiger partial charge in [0.15, 0.2) is 11.6 Å². The number of imidazole rings is 1. The molecule has 2 aromatic carbocycles. The third kappa shape index (κ3) is 6.37. The standard InChI is InChI=1S/C37H41FN8O4/c1-37(2,44-17-15-42(16-18-44)28-23-49-24-28)20-25(21-39)35(47)43-14-6-7-27(22-43)45-31-12-13-41-34(40)33(31)46(36(45)48)26-10-11-32(30(38)19-26)50-29-8-4-3-5-9-29/h3-5,8-13,19-20,27-28H,6-7,14-18,22-24H2,1-2H3,(H2,40,41)/t27-/m1/s1. The highest BCUT2D eigenvalue weighted by atomic mass is 19.1. The minimum atomic E-state index is -0.648. The Morgan fingerprint density at radius 1 is 1.08 bits per heavy atom. The predicted octanol–water partition coefficient (Wildman–Crippen LogP) is 4.11. The first kappa shape index (κ1) is 33.5. The summed E-state index contributed by atoms with van der Waals surface area (Å²) in [6.07, 6.45) is 4.56. The Bertz CT molecular complexity index is 2020. The minimum absolute atomic E-state index is 0.0137. The zero-order valence-electron chi connectivity index (χ0n) is 28.3. The molecule has 3 aliphatic heterocycles. The number of ether oxygens (including phenoxy) is 2. The van der Waals surface area contributed by atoms with E-state index in [-0.39, 0.29) is 35.3 Å². The molecule has 2 aromatic heterocycles. The van der Waals surface area contributed by atoms with Crippen LogP contribution < -0.4 is 16.2 Å². The molecule has 0 saturated carbocycles. The van der Waals surface area contributed by atoms with Gasteiger partial charge in [0, 0.05) is 57.1 Å². The quantitative estimate of drug-likeness (QED) is 0.216. The number of likely N-dealkylation sites (tertiary alicyclic amines) is 1. The Hall–Kier alpha value is -5.03. The number of amides is 1. The summed E-state index contributed by atoms with van der Waals surface area (Å²) in [6.45, 7) is 9.80. The van der Waals surface area contributed by atoms with E-state index in [9.17, 15) is 14.9 Å². The van der Waals surface area contributed by atoms with Crippen molar-refractivity contribution in [2.75, 3.05) is 58.2 Å². The van der Waals surface area contributed by atoms with Crippen molar-refractivity contribution >= 4 is 22.8 Å². The van der Waals surface area contributed by atoms with Crippen LogP contribution in [-0.2, 0) is 9.53 Å². The van der Waals surface area contributed by atoms with E-state index in [4.69, 9.17) is 15.2 Å². The third-order valence-electron chi connectivity index (χ3n) is 10.1. The van der Waals surface area contributed by atoms with Crippen molar-refractivity contribution in [3.63, 3.8) is 0 Å². The van der Waals surface area contributed by atoms with Gasteiger partial charge in [-0.15, -0.1) is 0 Å². The van der Waals surface area contributed by atoms with Gasteiger partial charge in [-0.1, -0.05) is 18.2 Å². The second-order valence-corrected chi connectivity index (χ2v) is 13.7. The molecule has 0 unspecified atom stereocenters. The average molecular weight is 681 g/mol. The fourth-order valence-electron chi connectivity index (χ4n) is 7.31. The fourth-order valence-corrected chi connectivity index (χ4v) is 7.31. The summed E-state index contributed by atoms with van der Waals surface area (Å²) in [5, 5.41) is 10.2. The number of anilines is 1. The lowest BCUT2D eigenvalue weighted by atomic mass is 9.96. The third-order valence-corrected chi connectivity index (χ3v) is 10.1. The van der Waals surface area contributed by atoms with Gasteiger partial charge in [0.1, 0.15) is 28.7 Å². The molecule has 13 heteroatoms. The first-order chi connectivity index (χ1) is 24.1. The lowest BCUT2D eigenvalue weighted by molar-refractivity contribution is -0.128. The number of carbonyl (C=O) groups is 1. The number of nitrogens with zero attached hydrogens (tertiary/aromatic N) is 7. The van der Waals surface area contributed by atoms with Crippen molar-refractivity contribution in [3.8, 4) is 23.3 Å². The minimum Gasteiger partial charge on any atom is -0.454 e. The molecule has 0 radical (unpaired) electrons. The van der Waals surface area contributed by atoms with Crippen LogP contribution in [0.5, 0.6) is 11.5 Å². The molecule has 12 nitrogen and oxygen atoms in total. The zero-order valence-corrected chi connectivity index (χ0v) is 28.3. The van der Waals surface area contributed by atoms with Crippen LogP contribution in [0.15, 0.2) is 77.2 Å². The number of hydrogen-bond donors (Lipinski definition) is 1. The van der Waals surface area contributed by atoms with E-state index < -0.39 is 23.1 Å². The first-order valence-corrected chi connectivity index (χ1v) is 17.0. The van der Waals surface area contributed by atoms with Gasteiger partial charge in [0.2, 0.25) is 0 Å². The van der Waals surface area contributed by atoms with Gasteiger partial charge in [0.25, 0.3) is 5.91 Å². The normalized spacial score (nSPS) is 19.7. The van der Waals surface area contributed by atoms with Gasteiger partial charge in [-0.25, -0.2) is 14.2 Å². The molecule has 50 heavy (non-hydrogen) atoms. The molecule has 5 heterocycles. The number of carbonyl (C=O) groups excluding carboxylic acids is 1. The molecular formula is C37H41FN8O4. The number of piperazine rings is 1. The van der Waals surface area contributed by atoms with Crippen LogP contribution in [0.3, 0.4) is 0 Å². The SMILES string of the molecule is CC(C)(C=C(C#N)C(=O)N1CCC[C@@H](n2c(=O)n(-c3ccc(Oc4ccccc4)c(F)c3)c3c(N)nccc32)C1)N1CCN(C2COC2)CC1. The van der Waals surface area contributed by atoms with E-state index in [0.717, 1.165) is 39.4 Å². The Morgan fingerprint density at radius 2 is 1.84 bits per heavy atom. The molecule has 3 saturated heterocycles. The lowest BCUT2D eigenvalue weighted by Gasteiger charge is -2.46. The molecule has 2 N–H and O–H groups in total. The molecule has 3 aliphatic rings. The number of nitriles is 1. The molecule has 1 amide bonds. The number of hydrogen-bond acceptors (Lipinski definition) is 9. The highest BCUT2D eigenvalue weighted by Crippen LogP contribution is 2.32. The number of pyridine rings is 1. The molecule has 4 aromatic rings. The van der Waals surface area contributed by atoms with Crippen molar-refractivity contribution in [1.29, 1.82) is 5.26 Å². The highest BCUT2D eigenvalue weighted by Gasteiger charge is 2.35. The maximum atomic E-state index is 15.4. The largest absolute Gasteiger partial charge is 0.454 e. The summed E-state index contributed by atoms with van der Waals surface area (Å²) in [5.74, 6) is -0.395. The van der Waals surface area contributed by atoms with E-state index in [1.54, 1.807) is 51.9 Å². The Balaban J connectivity index is 1.14. The lowest BCUT2D eigenvalue weighted by Crippen LogP contribution is -2.59. The van der Waals surface area contributed by atoms with E-state index in [1.807, 2.05) is 19.9 Å². The summed E-state index contributed by atoms with van der Waals surface area (Å²) < 4.78 is 29.4. The van der Waals surface area contributed by atoms with Gasteiger partial charge < -0.3 is 20.1 Å². The van der Waals surface area contributed by atoms with Crippen molar-refractivity contribution in [2.24, 2.45) is 0 Å². The average Bonchev–Trinajstić information content (AvgIpc) is 3.40. The second-order valence-electron chi connectivity index (χ2n) is 13.7. The maximum Gasteiger partial charge on any atom is 0.334 e. The Kier molecular flexibility index (Phi) is 9.17. The van der Waals surface area contributed by atoms with Crippen LogP contribution in [0, 0.1) is 17.1 Å². The molecular weight excluding hydrogens is 639 g/mol. The zero-order chi connectivity index (χ0) is 35.0. The van der Waals surface area contributed by atoms with E-state index in [0.29, 0.717) is 42.2 Å². The summed E-state index contributed by atoms with van der Waals surface area (Å²) in [7, 11) is 0. The van der Waals surface area contributed by atoms with Crippen LogP contribution in [0.2, 0.25) is 0 Å². The summed E-state index contributed by atoms with van der Waals surface area (Å²) >= 11 is 0. The first-order valence-electron chi connectivity index (χ1n) is 17.0. The van der Waals surface area contributed by atoms with Gasteiger partial charge in [-0.2, -0.15) is 5.26 Å². The van der Waals surface area contributed by atoms with Gasteiger partial charge >= 0.3 is 5.69 Å². The van der Waals surface area contributed by atoms with Crippen LogP contribution >= 0.6 is 0 Å². The van der Waals surface area contributed by atoms with Crippen LogP contribution in [0.1, 0.15) is 32.7 Å². The molecule has 3 fully saturated rings. The molecule has 0 bridgehead atoms. The second kappa shape index (κ2) is 13.7. The number of nitrogens with two attached hydrogens (primary N) is 1. The Labute approximate surface area is 289 Å². The topological polar surface area (TPSA) is 135 Å². The van der Waals surface area contributed by atoms with Crippen molar-refractivity contribution in [2.45, 2.75) is 44.3 Å². The van der Waals surface area contributed by atoms with E-state index in [1.165, 1.54) is 22.9 Å². The monoisotopic (exact) mass is 680 g/mol. The number of aromatic nitrogens is 3. The number of fused-ring (bicyclic) bond motifs is 1. The van der Waals surface area contributed by atoms with Crippen LogP contribution in [0.4, 0.5) is 10.2 Å². The van der Waals surface area contributed by atoms with E-state index in [2.05, 4.69) is 20.9 Å². The Morgan fingerprint density at radius 3 is 2.52 bits per heavy atom. The fraction of sp³-hybridized carbons (Fsp3) is 0.405. The summed E-state index contributed by atoms with van der Waals surface area (Å²) in [4.78, 5) is 38.8. The number of rotatable bonds is 8. The molecule has 7 rings (SSSR count). The molecule has 0 spiro atoms. The van der Waals surface area contributed by atoms with Crippen LogP contribution in [0.25, 0.3) is 16.7 Å². The van der Waals surface area contributed by atoms with Crippen molar-refractivity contribution in [1.82, 2.24) is 28.8 Å². The predicted molar refractivity (Wildman–Crippen MR) is 187 cm³/mol. The number of piperidine rings is 1. The number of para-hydroxylation sites is 1. The molecule has 260 valence electrons. The summed E-state index contributed by atoms with van der Waals surface area (Å²) in [5.41, 5.74) is 6.62. The number of benzene rings is 2. The summed E-state index contributed by atoms with van der Waals surface area (Å²) in [6, 6.07) is 17.1. The molecule has 0 aliphatic carbocycles. The van der Waals surface area contributed by atoms with Gasteiger partial charge in [-0.05, 0) is 63.1 Å². The number of halogens is 1. The smallest absolute Gasteiger partial charge is 0.334 e. The van der Waals surface area contributed by atoms with Crippen LogP contribution in [-0.4, -0.2) is 98.8 Å². The van der Waals surface area contributed by atoms with E-state index >= 15 is 4.39 Å². The highest BCUT2D eigenvalue weighted by molar-refractivity contribution is 5.97. The van der Waals surface area contributed by atoms with Gasteiger partial charge in [0.05, 0.1) is 36.5 Å². The maximum absolute atomic E-state index is 15.4. The van der Waals surface area contributed by atoms with Crippen molar-refractivity contribution < 1.29 is 18.7 Å². The van der Waals surface area contributed by atoms with Crippen molar-refractivity contribution in [3.05, 3.63) is 88.7 Å².